The van der Waals surface area contributed by atoms with E-state index in [0.717, 1.165) is 17.8 Å². The van der Waals surface area contributed by atoms with E-state index < -0.39 is 15.8 Å². The monoisotopic (exact) mass is 382 g/mol. The number of hydrogen-bond donors (Lipinski definition) is 0. The molecule has 0 unspecified atom stereocenters. The molecule has 26 heavy (non-hydrogen) atoms. The molecule has 2 heterocycles. The predicted octanol–water partition coefficient (Wildman–Crippen LogP) is 1.29. The number of halogens is 1. The van der Waals surface area contributed by atoms with Gasteiger partial charge >= 0.3 is 0 Å². The first-order chi connectivity index (χ1) is 12.2. The SMILES string of the molecule is COc1ccc(F)cc1S(=O)(=O)N1CC(Oc2cc(C)n(C)c(=O)c2)C1. The molecule has 0 radical (unpaired) electrons. The van der Waals surface area contributed by atoms with Crippen LogP contribution in [0.25, 0.3) is 0 Å². The third-order valence-corrected chi connectivity index (χ3v) is 6.19. The highest BCUT2D eigenvalue weighted by Gasteiger charge is 2.39. The highest BCUT2D eigenvalue weighted by molar-refractivity contribution is 7.89. The highest BCUT2D eigenvalue weighted by Crippen LogP contribution is 2.31. The van der Waals surface area contributed by atoms with E-state index in [9.17, 15) is 17.6 Å². The summed E-state index contributed by atoms with van der Waals surface area (Å²) in [6.45, 7) is 1.99. The number of rotatable bonds is 5. The van der Waals surface area contributed by atoms with Crippen LogP contribution in [-0.2, 0) is 17.1 Å². The van der Waals surface area contributed by atoms with E-state index >= 15 is 0 Å². The molecule has 0 N–H and O–H groups in total. The molecule has 1 saturated heterocycles. The van der Waals surface area contributed by atoms with Gasteiger partial charge in [0.25, 0.3) is 5.56 Å². The molecule has 140 valence electrons. The lowest BCUT2D eigenvalue weighted by atomic mass is 10.2. The van der Waals surface area contributed by atoms with Gasteiger partial charge in [-0.3, -0.25) is 4.79 Å². The second-order valence-corrected chi connectivity index (χ2v) is 7.99. The fourth-order valence-corrected chi connectivity index (χ4v) is 4.33. The fraction of sp³-hybridized carbons (Fsp3) is 0.353. The molecular formula is C17H19FN2O5S. The Kier molecular flexibility index (Phi) is 4.76. The van der Waals surface area contributed by atoms with Crippen molar-refractivity contribution in [3.63, 3.8) is 0 Å². The number of aryl methyl sites for hydroxylation is 1. The Morgan fingerprint density at radius 2 is 1.88 bits per heavy atom. The number of benzene rings is 1. The first kappa shape index (κ1) is 18.4. The fourth-order valence-electron chi connectivity index (χ4n) is 2.66. The zero-order chi connectivity index (χ0) is 19.1. The van der Waals surface area contributed by atoms with Crippen molar-refractivity contribution in [1.29, 1.82) is 0 Å². The summed E-state index contributed by atoms with van der Waals surface area (Å²) in [7, 11) is -0.909. The van der Waals surface area contributed by atoms with Gasteiger partial charge in [-0.25, -0.2) is 12.8 Å². The topological polar surface area (TPSA) is 77.8 Å². The van der Waals surface area contributed by atoms with Gasteiger partial charge in [0.05, 0.1) is 20.2 Å². The van der Waals surface area contributed by atoms with Gasteiger partial charge in [0, 0.05) is 18.8 Å². The van der Waals surface area contributed by atoms with Gasteiger partial charge < -0.3 is 14.0 Å². The maximum Gasteiger partial charge on any atom is 0.254 e. The summed E-state index contributed by atoms with van der Waals surface area (Å²) < 4.78 is 52.2. The Morgan fingerprint density at radius 3 is 2.50 bits per heavy atom. The van der Waals surface area contributed by atoms with Crippen LogP contribution in [0.3, 0.4) is 0 Å². The number of ether oxygens (including phenoxy) is 2. The van der Waals surface area contributed by atoms with Crippen LogP contribution in [0.4, 0.5) is 4.39 Å². The zero-order valence-electron chi connectivity index (χ0n) is 14.6. The van der Waals surface area contributed by atoms with Crippen molar-refractivity contribution in [2.75, 3.05) is 20.2 Å². The van der Waals surface area contributed by atoms with Gasteiger partial charge in [-0.1, -0.05) is 0 Å². The number of hydrogen-bond acceptors (Lipinski definition) is 5. The minimum absolute atomic E-state index is 0.0814. The molecule has 1 aromatic carbocycles. The minimum atomic E-state index is -3.89. The summed E-state index contributed by atoms with van der Waals surface area (Å²) in [6, 6.07) is 6.43. The van der Waals surface area contributed by atoms with E-state index in [4.69, 9.17) is 9.47 Å². The normalized spacial score (nSPS) is 15.5. The van der Waals surface area contributed by atoms with E-state index in [0.29, 0.717) is 5.75 Å². The summed E-state index contributed by atoms with van der Waals surface area (Å²) >= 11 is 0. The Bertz CT molecular complexity index is 997. The lowest BCUT2D eigenvalue weighted by molar-refractivity contribution is 0.0757. The van der Waals surface area contributed by atoms with Gasteiger partial charge in [-0.15, -0.1) is 0 Å². The second-order valence-electron chi connectivity index (χ2n) is 6.09. The standard InChI is InChI=1S/C17H19FN2O5S/c1-11-6-13(8-17(21)19(11)2)25-14-9-20(10-14)26(22,23)16-7-12(18)4-5-15(16)24-3/h4-8,14H,9-10H2,1-3H3. The Balaban J connectivity index is 1.73. The number of methoxy groups -OCH3 is 1. The molecule has 1 fully saturated rings. The summed E-state index contributed by atoms with van der Waals surface area (Å²) in [4.78, 5) is 11.6. The lowest BCUT2D eigenvalue weighted by Gasteiger charge is -2.38. The lowest BCUT2D eigenvalue weighted by Crippen LogP contribution is -2.56. The van der Waals surface area contributed by atoms with Crippen LogP contribution >= 0.6 is 0 Å². The maximum atomic E-state index is 13.5. The number of pyridine rings is 1. The molecule has 7 nitrogen and oxygen atoms in total. The van der Waals surface area contributed by atoms with Crippen molar-refractivity contribution in [2.24, 2.45) is 7.05 Å². The maximum absolute atomic E-state index is 13.5. The number of aromatic nitrogens is 1. The quantitative estimate of drug-likeness (QED) is 0.779. The number of sulfonamides is 1. The molecule has 2 aromatic rings. The van der Waals surface area contributed by atoms with Gasteiger partial charge in [0.2, 0.25) is 10.0 Å². The molecule has 0 spiro atoms. The van der Waals surface area contributed by atoms with Gasteiger partial charge in [0.15, 0.2) is 0 Å². The summed E-state index contributed by atoms with van der Waals surface area (Å²) in [5, 5.41) is 0. The molecule has 3 rings (SSSR count). The van der Waals surface area contributed by atoms with E-state index in [2.05, 4.69) is 0 Å². The van der Waals surface area contributed by atoms with Crippen LogP contribution in [0.15, 0.2) is 40.0 Å². The van der Waals surface area contributed by atoms with Gasteiger partial charge in [-0.2, -0.15) is 4.31 Å². The average molecular weight is 382 g/mol. The first-order valence-electron chi connectivity index (χ1n) is 7.90. The Labute approximate surface area is 150 Å². The average Bonchev–Trinajstić information content (AvgIpc) is 2.55. The highest BCUT2D eigenvalue weighted by atomic mass is 32.2. The molecule has 0 bridgehead atoms. The van der Waals surface area contributed by atoms with Gasteiger partial charge in [-0.05, 0) is 31.2 Å². The molecule has 1 aromatic heterocycles. The summed E-state index contributed by atoms with van der Waals surface area (Å²) in [5.74, 6) is -0.178. The van der Waals surface area contributed by atoms with E-state index in [1.54, 1.807) is 20.0 Å². The Morgan fingerprint density at radius 1 is 1.19 bits per heavy atom. The van der Waals surface area contributed by atoms with E-state index in [1.165, 1.54) is 28.1 Å². The smallest absolute Gasteiger partial charge is 0.254 e. The van der Waals surface area contributed by atoms with Crippen molar-refractivity contribution < 1.29 is 22.3 Å². The molecule has 0 amide bonds. The third-order valence-electron chi connectivity index (χ3n) is 4.34. The van der Waals surface area contributed by atoms with E-state index in [1.807, 2.05) is 0 Å². The van der Waals surface area contributed by atoms with Crippen molar-refractivity contribution in [3.05, 3.63) is 52.2 Å². The zero-order valence-corrected chi connectivity index (χ0v) is 15.4. The summed E-state index contributed by atoms with van der Waals surface area (Å²) in [5.41, 5.74) is 0.536. The molecule has 1 aliphatic heterocycles. The largest absolute Gasteiger partial charge is 0.495 e. The van der Waals surface area contributed by atoms with Crippen LogP contribution in [0.2, 0.25) is 0 Å². The minimum Gasteiger partial charge on any atom is -0.495 e. The molecule has 1 aliphatic rings. The van der Waals surface area contributed by atoms with Crippen LogP contribution in [0, 0.1) is 12.7 Å². The van der Waals surface area contributed by atoms with Crippen molar-refractivity contribution in [3.8, 4) is 11.5 Å². The van der Waals surface area contributed by atoms with Crippen molar-refractivity contribution in [1.82, 2.24) is 8.87 Å². The second kappa shape index (κ2) is 6.73. The van der Waals surface area contributed by atoms with Gasteiger partial charge in [0.1, 0.15) is 28.3 Å². The van der Waals surface area contributed by atoms with Crippen LogP contribution in [0.5, 0.6) is 11.5 Å². The molecule has 0 saturated carbocycles. The van der Waals surface area contributed by atoms with Crippen LogP contribution in [-0.4, -0.2) is 43.6 Å². The molecule has 0 atom stereocenters. The molecular weight excluding hydrogens is 363 g/mol. The van der Waals surface area contributed by atoms with E-state index in [-0.39, 0.29) is 35.4 Å². The van der Waals surface area contributed by atoms with Crippen molar-refractivity contribution in [2.45, 2.75) is 17.9 Å². The summed E-state index contributed by atoms with van der Waals surface area (Å²) in [6.07, 6.45) is -0.379. The Hall–Kier alpha value is -2.39. The van der Waals surface area contributed by atoms with Crippen molar-refractivity contribution >= 4 is 10.0 Å². The van der Waals surface area contributed by atoms with Crippen LogP contribution in [0.1, 0.15) is 5.69 Å². The molecule has 0 aliphatic carbocycles. The predicted molar refractivity (Wildman–Crippen MR) is 92.5 cm³/mol. The number of nitrogens with zero attached hydrogens (tertiary/aromatic N) is 2. The third kappa shape index (κ3) is 3.32. The molecule has 9 heteroatoms. The van der Waals surface area contributed by atoms with Crippen LogP contribution < -0.4 is 15.0 Å². The first-order valence-corrected chi connectivity index (χ1v) is 9.34.